The van der Waals surface area contributed by atoms with E-state index < -0.39 is 0 Å². The molecule has 0 radical (unpaired) electrons. The Labute approximate surface area is 125 Å². The third-order valence-corrected chi connectivity index (χ3v) is 4.17. The van der Waals surface area contributed by atoms with Gasteiger partial charge in [0.15, 0.2) is 0 Å². The predicted molar refractivity (Wildman–Crippen MR) is 85.4 cm³/mol. The summed E-state index contributed by atoms with van der Waals surface area (Å²) < 4.78 is 1.89. The fourth-order valence-electron chi connectivity index (χ4n) is 2.25. The van der Waals surface area contributed by atoms with Crippen molar-refractivity contribution >= 4 is 17.8 Å². The number of nitrogens with zero attached hydrogens (tertiary/aromatic N) is 2. The number of aryl methyl sites for hydroxylation is 2. The lowest BCUT2D eigenvalue weighted by atomic mass is 10.1. The van der Waals surface area contributed by atoms with E-state index >= 15 is 0 Å². The maximum atomic E-state index is 11.9. The van der Waals surface area contributed by atoms with Gasteiger partial charge < -0.3 is 10.6 Å². The van der Waals surface area contributed by atoms with Gasteiger partial charge in [0.1, 0.15) is 0 Å². The highest BCUT2D eigenvalue weighted by molar-refractivity contribution is 7.98. The van der Waals surface area contributed by atoms with Crippen LogP contribution in [0.2, 0.25) is 0 Å². The molecule has 1 aromatic heterocycles. The van der Waals surface area contributed by atoms with Gasteiger partial charge >= 0.3 is 6.03 Å². The summed E-state index contributed by atoms with van der Waals surface area (Å²) in [4.78, 5) is 11.9. The van der Waals surface area contributed by atoms with E-state index in [1.165, 1.54) is 5.56 Å². The molecule has 1 heterocycles. The fraction of sp³-hybridized carbons (Fsp3) is 0.714. The second kappa shape index (κ2) is 7.57. The third-order valence-electron chi connectivity index (χ3n) is 3.34. The van der Waals surface area contributed by atoms with Crippen LogP contribution in [0.4, 0.5) is 4.79 Å². The zero-order valence-electron chi connectivity index (χ0n) is 13.3. The summed E-state index contributed by atoms with van der Waals surface area (Å²) in [7, 11) is 1.95. The van der Waals surface area contributed by atoms with E-state index in [0.717, 1.165) is 23.6 Å². The van der Waals surface area contributed by atoms with Crippen molar-refractivity contribution in [3.8, 4) is 0 Å². The molecule has 0 spiro atoms. The SMILES string of the molecule is CSC[C@@H](C)NC(=O)N[C@@H](C)Cc1c(C)nn(C)c1C. The predicted octanol–water partition coefficient (Wildman–Crippen LogP) is 2.02. The average Bonchev–Trinajstić information content (AvgIpc) is 2.55. The summed E-state index contributed by atoms with van der Waals surface area (Å²) in [5, 5.41) is 10.3. The number of hydrogen-bond donors (Lipinski definition) is 2. The van der Waals surface area contributed by atoms with Crippen molar-refractivity contribution in [2.24, 2.45) is 7.05 Å². The van der Waals surface area contributed by atoms with Crippen LogP contribution in [-0.4, -0.2) is 39.9 Å². The van der Waals surface area contributed by atoms with Crippen molar-refractivity contribution in [3.05, 3.63) is 17.0 Å². The molecule has 2 N–H and O–H groups in total. The van der Waals surface area contributed by atoms with Gasteiger partial charge in [0, 0.05) is 30.6 Å². The molecule has 0 saturated heterocycles. The summed E-state index contributed by atoms with van der Waals surface area (Å²) >= 11 is 1.73. The number of carbonyl (C=O) groups excluding carboxylic acids is 1. The fourth-order valence-corrected chi connectivity index (χ4v) is 2.83. The quantitative estimate of drug-likeness (QED) is 0.845. The number of urea groups is 1. The van der Waals surface area contributed by atoms with Gasteiger partial charge in [0.25, 0.3) is 0 Å². The van der Waals surface area contributed by atoms with Crippen LogP contribution in [0.5, 0.6) is 0 Å². The normalized spacial score (nSPS) is 13.9. The van der Waals surface area contributed by atoms with Gasteiger partial charge in [-0.1, -0.05) is 0 Å². The van der Waals surface area contributed by atoms with Gasteiger partial charge in [0.05, 0.1) is 5.69 Å². The number of amides is 2. The molecule has 2 atom stereocenters. The zero-order chi connectivity index (χ0) is 15.3. The molecule has 0 aliphatic heterocycles. The highest BCUT2D eigenvalue weighted by Gasteiger charge is 2.15. The third kappa shape index (κ3) is 4.74. The first-order valence-electron chi connectivity index (χ1n) is 6.90. The summed E-state index contributed by atoms with van der Waals surface area (Å²) in [6, 6.07) is 0.162. The molecule has 0 aliphatic carbocycles. The molecule has 0 aliphatic rings. The summed E-state index contributed by atoms with van der Waals surface area (Å²) in [5.41, 5.74) is 3.42. The number of carbonyl (C=O) groups is 1. The highest BCUT2D eigenvalue weighted by Crippen LogP contribution is 2.14. The van der Waals surface area contributed by atoms with Crippen LogP contribution in [0.25, 0.3) is 0 Å². The number of thioether (sulfide) groups is 1. The summed E-state index contributed by atoms with van der Waals surface area (Å²) in [6.45, 7) is 8.10. The maximum absolute atomic E-state index is 11.9. The van der Waals surface area contributed by atoms with Gasteiger partial charge in [0.2, 0.25) is 0 Å². The van der Waals surface area contributed by atoms with Gasteiger partial charge in [-0.05, 0) is 45.9 Å². The molecule has 114 valence electrons. The highest BCUT2D eigenvalue weighted by atomic mass is 32.2. The number of rotatable bonds is 6. The van der Waals surface area contributed by atoms with Crippen LogP contribution in [0.1, 0.15) is 30.8 Å². The van der Waals surface area contributed by atoms with Crippen molar-refractivity contribution < 1.29 is 4.79 Å². The molecular formula is C14H26N4OS. The molecular weight excluding hydrogens is 272 g/mol. The lowest BCUT2D eigenvalue weighted by Crippen LogP contribution is -2.45. The molecule has 5 nitrogen and oxygen atoms in total. The molecule has 0 aromatic carbocycles. The van der Waals surface area contributed by atoms with Crippen LogP contribution < -0.4 is 10.6 Å². The van der Waals surface area contributed by atoms with Gasteiger partial charge in [-0.2, -0.15) is 16.9 Å². The Morgan fingerprint density at radius 2 is 1.90 bits per heavy atom. The van der Waals surface area contributed by atoms with Crippen molar-refractivity contribution in [1.29, 1.82) is 0 Å². The largest absolute Gasteiger partial charge is 0.335 e. The number of aromatic nitrogens is 2. The zero-order valence-corrected chi connectivity index (χ0v) is 14.1. The Balaban J connectivity index is 2.51. The van der Waals surface area contributed by atoms with Gasteiger partial charge in [-0.15, -0.1) is 0 Å². The molecule has 0 saturated carbocycles. The summed E-state index contributed by atoms with van der Waals surface area (Å²) in [6.07, 6.45) is 2.84. The van der Waals surface area contributed by atoms with E-state index in [9.17, 15) is 4.79 Å². The van der Waals surface area contributed by atoms with Crippen LogP contribution in [0, 0.1) is 13.8 Å². The second-order valence-electron chi connectivity index (χ2n) is 5.35. The van der Waals surface area contributed by atoms with E-state index in [1.807, 2.05) is 38.8 Å². The van der Waals surface area contributed by atoms with Crippen molar-refractivity contribution in [2.45, 2.75) is 46.2 Å². The molecule has 20 heavy (non-hydrogen) atoms. The minimum absolute atomic E-state index is 0.0816. The van der Waals surface area contributed by atoms with Crippen LogP contribution in [-0.2, 0) is 13.5 Å². The lowest BCUT2D eigenvalue weighted by molar-refractivity contribution is 0.235. The second-order valence-corrected chi connectivity index (χ2v) is 6.26. The van der Waals surface area contributed by atoms with Crippen molar-refractivity contribution in [2.75, 3.05) is 12.0 Å². The topological polar surface area (TPSA) is 59.0 Å². The Hall–Kier alpha value is -1.17. The first-order chi connectivity index (χ1) is 9.35. The van der Waals surface area contributed by atoms with Crippen LogP contribution in [0.15, 0.2) is 0 Å². The smallest absolute Gasteiger partial charge is 0.315 e. The Bertz CT molecular complexity index is 458. The van der Waals surface area contributed by atoms with E-state index in [2.05, 4.69) is 22.7 Å². The van der Waals surface area contributed by atoms with Gasteiger partial charge in [-0.3, -0.25) is 4.68 Å². The first-order valence-corrected chi connectivity index (χ1v) is 8.29. The van der Waals surface area contributed by atoms with E-state index in [1.54, 1.807) is 11.8 Å². The lowest BCUT2D eigenvalue weighted by Gasteiger charge is -2.18. The Kier molecular flexibility index (Phi) is 6.39. The average molecular weight is 298 g/mol. The summed E-state index contributed by atoms with van der Waals surface area (Å²) in [5.74, 6) is 0.919. The van der Waals surface area contributed by atoms with E-state index in [4.69, 9.17) is 0 Å². The van der Waals surface area contributed by atoms with Crippen LogP contribution in [0.3, 0.4) is 0 Å². The Morgan fingerprint density at radius 3 is 2.40 bits per heavy atom. The molecule has 2 amide bonds. The monoisotopic (exact) mass is 298 g/mol. The molecule has 0 fully saturated rings. The first kappa shape index (κ1) is 16.9. The molecule has 0 unspecified atom stereocenters. The van der Waals surface area contributed by atoms with E-state index in [-0.39, 0.29) is 18.1 Å². The standard InChI is InChI=1S/C14H26N4OS/c1-9(15-14(19)16-10(2)8-20-6)7-13-11(3)17-18(5)12(13)4/h9-10H,7-8H2,1-6H3,(H2,15,16,19)/t9-,10+/m0/s1. The molecule has 0 bridgehead atoms. The maximum Gasteiger partial charge on any atom is 0.315 e. The molecule has 1 aromatic rings. The molecule has 1 rings (SSSR count). The van der Waals surface area contributed by atoms with Gasteiger partial charge in [-0.25, -0.2) is 4.79 Å². The van der Waals surface area contributed by atoms with Crippen molar-refractivity contribution in [3.63, 3.8) is 0 Å². The number of hydrogen-bond acceptors (Lipinski definition) is 3. The van der Waals surface area contributed by atoms with Crippen molar-refractivity contribution in [1.82, 2.24) is 20.4 Å². The van der Waals surface area contributed by atoms with E-state index in [0.29, 0.717) is 0 Å². The molecule has 6 heteroatoms. The minimum atomic E-state index is -0.0988. The minimum Gasteiger partial charge on any atom is -0.335 e. The number of nitrogens with one attached hydrogen (secondary N) is 2. The Morgan fingerprint density at radius 1 is 1.30 bits per heavy atom. The van der Waals surface area contributed by atoms with Crippen LogP contribution >= 0.6 is 11.8 Å².